The van der Waals surface area contributed by atoms with Crippen LogP contribution in [0.5, 0.6) is 0 Å². The molecule has 0 aromatic rings. The van der Waals surface area contributed by atoms with Crippen LogP contribution in [0.2, 0.25) is 0 Å². The molecule has 2 fully saturated rings. The van der Waals surface area contributed by atoms with Crippen molar-refractivity contribution in [3.05, 3.63) is 0 Å². The molecule has 12 N–H and O–H groups in total. The third-order valence-corrected chi connectivity index (χ3v) is 5.54. The Kier molecular flexibility index (Phi) is 24.9. The van der Waals surface area contributed by atoms with Gasteiger partial charge in [0.15, 0.2) is 0 Å². The summed E-state index contributed by atoms with van der Waals surface area (Å²) in [6.45, 7) is 10.2. The molecule has 0 aromatic heterocycles. The SMILES string of the molecule is CC(C)CC(N)C(=O)O.CC(C)CC(N)C(=O)O.CNC(C)C(=O)O.O=C(O)[C@@H]1CCCN1.O=C1CC[C@@H](C(=O)O)N1. The third kappa shape index (κ3) is 25.6. The molecule has 0 radical (unpaired) electrons. The molecule has 0 saturated carbocycles. The molecule has 2 heterocycles. The zero-order chi connectivity index (χ0) is 33.6. The number of amides is 1. The van der Waals surface area contributed by atoms with Crippen LogP contribution in [0.25, 0.3) is 0 Å². The van der Waals surface area contributed by atoms with E-state index in [4.69, 9.17) is 37.0 Å². The van der Waals surface area contributed by atoms with Crippen LogP contribution in [0.15, 0.2) is 0 Å². The smallest absolute Gasteiger partial charge is 0.326 e. The van der Waals surface area contributed by atoms with Crippen molar-refractivity contribution >= 4 is 35.8 Å². The van der Waals surface area contributed by atoms with Crippen LogP contribution in [0, 0.1) is 11.8 Å². The van der Waals surface area contributed by atoms with Crippen LogP contribution < -0.4 is 27.4 Å². The van der Waals surface area contributed by atoms with Gasteiger partial charge < -0.3 is 53.0 Å². The van der Waals surface area contributed by atoms with Crippen LogP contribution in [-0.2, 0) is 28.8 Å². The number of carboxylic acid groups (broad SMARTS) is 5. The molecule has 0 aliphatic carbocycles. The number of hydrogen-bond acceptors (Lipinski definition) is 10. The van der Waals surface area contributed by atoms with Crippen LogP contribution in [-0.4, -0.2) is 105 Å². The molecule has 2 rings (SSSR count). The van der Waals surface area contributed by atoms with Gasteiger partial charge in [-0.25, -0.2) is 4.79 Å². The maximum atomic E-state index is 10.4. The highest BCUT2D eigenvalue weighted by molar-refractivity contribution is 5.87. The zero-order valence-electron chi connectivity index (χ0n) is 25.3. The molecule has 3 unspecified atom stereocenters. The Morgan fingerprint density at radius 2 is 1.21 bits per heavy atom. The van der Waals surface area contributed by atoms with E-state index in [9.17, 15) is 28.8 Å². The Labute approximate surface area is 246 Å². The van der Waals surface area contributed by atoms with Gasteiger partial charge in [0.25, 0.3) is 0 Å². The van der Waals surface area contributed by atoms with E-state index in [2.05, 4.69) is 16.0 Å². The van der Waals surface area contributed by atoms with Crippen molar-refractivity contribution < 1.29 is 54.3 Å². The topological polar surface area (TPSA) is 292 Å². The summed E-state index contributed by atoms with van der Waals surface area (Å²) in [6, 6.07) is -2.72. The van der Waals surface area contributed by atoms with Crippen molar-refractivity contribution in [2.75, 3.05) is 13.6 Å². The number of carboxylic acids is 5. The van der Waals surface area contributed by atoms with E-state index in [1.807, 2.05) is 27.7 Å². The lowest BCUT2D eigenvalue weighted by molar-refractivity contribution is -0.140. The molecule has 2 saturated heterocycles. The summed E-state index contributed by atoms with van der Waals surface area (Å²) in [6.07, 6.45) is 3.65. The summed E-state index contributed by atoms with van der Waals surface area (Å²) >= 11 is 0. The van der Waals surface area contributed by atoms with Gasteiger partial charge in [-0.3, -0.25) is 24.0 Å². The Balaban J connectivity index is -0.000000454. The van der Waals surface area contributed by atoms with Crippen molar-refractivity contribution in [1.29, 1.82) is 0 Å². The number of carbonyl (C=O) groups excluding carboxylic acids is 1. The minimum atomic E-state index is -0.944. The molecule has 2 aliphatic heterocycles. The predicted octanol–water partition coefficient (Wildman–Crippen LogP) is -0.260. The van der Waals surface area contributed by atoms with Crippen LogP contribution in [0.1, 0.15) is 73.1 Å². The molecule has 5 atom stereocenters. The Bertz CT molecular complexity index is 807. The normalized spacial score (nSPS) is 19.0. The Hall–Kier alpha value is -3.34. The monoisotopic (exact) mass is 609 g/mol. The molecule has 1 amide bonds. The fourth-order valence-electron chi connectivity index (χ4n) is 3.04. The minimum Gasteiger partial charge on any atom is -0.480 e. The quantitative estimate of drug-likeness (QED) is 0.153. The highest BCUT2D eigenvalue weighted by atomic mass is 16.4. The fourth-order valence-corrected chi connectivity index (χ4v) is 3.04. The number of rotatable bonds is 10. The van der Waals surface area contributed by atoms with Crippen LogP contribution in [0.3, 0.4) is 0 Å². The van der Waals surface area contributed by atoms with Gasteiger partial charge in [-0.1, -0.05) is 27.7 Å². The van der Waals surface area contributed by atoms with Crippen molar-refractivity contribution in [2.45, 2.75) is 103 Å². The van der Waals surface area contributed by atoms with Gasteiger partial charge >= 0.3 is 29.8 Å². The molecular weight excluding hydrogens is 558 g/mol. The molecule has 2 aliphatic rings. The fraction of sp³-hybridized carbons (Fsp3) is 0.769. The first-order valence-electron chi connectivity index (χ1n) is 13.6. The lowest BCUT2D eigenvalue weighted by Crippen LogP contribution is -2.32. The lowest BCUT2D eigenvalue weighted by Gasteiger charge is -2.07. The third-order valence-electron chi connectivity index (χ3n) is 5.54. The summed E-state index contributed by atoms with van der Waals surface area (Å²) in [7, 11) is 1.61. The molecular formula is C26H51N5O11. The summed E-state index contributed by atoms with van der Waals surface area (Å²) in [5, 5.41) is 49.1. The molecule has 0 aromatic carbocycles. The van der Waals surface area contributed by atoms with E-state index in [-0.39, 0.29) is 11.9 Å². The summed E-state index contributed by atoms with van der Waals surface area (Å²) in [4.78, 5) is 60.7. The van der Waals surface area contributed by atoms with E-state index < -0.39 is 54.0 Å². The van der Waals surface area contributed by atoms with Gasteiger partial charge in [0.05, 0.1) is 0 Å². The molecule has 42 heavy (non-hydrogen) atoms. The highest BCUT2D eigenvalue weighted by Gasteiger charge is 2.26. The predicted molar refractivity (Wildman–Crippen MR) is 154 cm³/mol. The largest absolute Gasteiger partial charge is 0.480 e. The van der Waals surface area contributed by atoms with E-state index in [1.54, 1.807) is 14.0 Å². The number of carbonyl (C=O) groups is 6. The first-order valence-corrected chi connectivity index (χ1v) is 13.6. The van der Waals surface area contributed by atoms with Gasteiger partial charge in [0, 0.05) is 6.42 Å². The first kappa shape index (κ1) is 43.1. The van der Waals surface area contributed by atoms with Crippen molar-refractivity contribution in [3.63, 3.8) is 0 Å². The molecule has 0 spiro atoms. The lowest BCUT2D eigenvalue weighted by atomic mass is 10.1. The average Bonchev–Trinajstić information content (AvgIpc) is 3.56. The first-order chi connectivity index (χ1) is 19.3. The van der Waals surface area contributed by atoms with Gasteiger partial charge in [-0.05, 0) is 64.5 Å². The van der Waals surface area contributed by atoms with Crippen LogP contribution in [0.4, 0.5) is 0 Å². The molecule has 16 heteroatoms. The van der Waals surface area contributed by atoms with E-state index in [0.717, 1.165) is 19.4 Å². The van der Waals surface area contributed by atoms with Gasteiger partial charge in [-0.2, -0.15) is 0 Å². The minimum absolute atomic E-state index is 0.164. The van der Waals surface area contributed by atoms with E-state index in [1.165, 1.54) is 0 Å². The van der Waals surface area contributed by atoms with Crippen molar-refractivity contribution in [2.24, 2.45) is 23.3 Å². The van der Waals surface area contributed by atoms with Crippen molar-refractivity contribution in [1.82, 2.24) is 16.0 Å². The number of nitrogens with one attached hydrogen (secondary N) is 3. The van der Waals surface area contributed by atoms with Crippen molar-refractivity contribution in [3.8, 4) is 0 Å². The second kappa shape index (κ2) is 24.3. The van der Waals surface area contributed by atoms with Gasteiger partial charge in [-0.15, -0.1) is 0 Å². The van der Waals surface area contributed by atoms with E-state index in [0.29, 0.717) is 37.5 Å². The Morgan fingerprint density at radius 1 is 0.786 bits per heavy atom. The maximum absolute atomic E-state index is 10.4. The van der Waals surface area contributed by atoms with Crippen LogP contribution >= 0.6 is 0 Å². The number of hydrogen-bond donors (Lipinski definition) is 10. The molecule has 246 valence electrons. The summed E-state index contributed by atoms with van der Waals surface area (Å²) in [5.41, 5.74) is 10.4. The second-order valence-corrected chi connectivity index (χ2v) is 10.5. The summed E-state index contributed by atoms with van der Waals surface area (Å²) < 4.78 is 0. The number of likely N-dealkylation sites (N-methyl/N-ethyl adjacent to an activating group) is 1. The summed E-state index contributed by atoms with van der Waals surface area (Å²) in [5.74, 6) is -3.76. The molecule has 16 nitrogen and oxygen atoms in total. The van der Waals surface area contributed by atoms with Gasteiger partial charge in [0.2, 0.25) is 5.91 Å². The maximum Gasteiger partial charge on any atom is 0.326 e. The zero-order valence-corrected chi connectivity index (χ0v) is 25.3. The number of aliphatic carboxylic acids is 5. The average molecular weight is 610 g/mol. The second-order valence-electron chi connectivity index (χ2n) is 10.5. The van der Waals surface area contributed by atoms with E-state index >= 15 is 0 Å². The standard InChI is InChI=1S/2C6H13NO2.C5H7NO3.C5H9NO2.C4H9NO2/c2*1-4(2)3-5(7)6(8)9;7-4-2-1-3(6-4)5(8)9;7-5(8)4-2-1-3-6-4;1-3(5-2)4(6)7/h2*4-5H,3,7H2,1-2H3,(H,8,9);3H,1-2H2,(H,6,7)(H,8,9);4,6H,1-3H2,(H,7,8);3,5H,1-2H3,(H,6,7)/t;;3-;4-;/m..00./s1. The Morgan fingerprint density at radius 3 is 1.33 bits per heavy atom. The number of nitrogens with two attached hydrogens (primary N) is 2. The molecule has 0 bridgehead atoms. The highest BCUT2D eigenvalue weighted by Crippen LogP contribution is 2.05. The van der Waals surface area contributed by atoms with Gasteiger partial charge in [0.1, 0.15) is 30.2 Å².